The minimum Gasteiger partial charge on any atom is -0.483 e. The van der Waals surface area contributed by atoms with Crippen LogP contribution in [-0.4, -0.2) is 44.9 Å². The van der Waals surface area contributed by atoms with Crippen molar-refractivity contribution in [1.29, 1.82) is 0 Å². The van der Waals surface area contributed by atoms with Crippen LogP contribution in [-0.2, 0) is 16.6 Å². The Kier molecular flexibility index (Phi) is 9.21. The van der Waals surface area contributed by atoms with Gasteiger partial charge in [-0.3, -0.25) is 9.59 Å². The van der Waals surface area contributed by atoms with Crippen molar-refractivity contribution in [3.63, 3.8) is 0 Å². The molecule has 198 valence electrons. The van der Waals surface area contributed by atoms with Gasteiger partial charge in [0, 0.05) is 12.1 Å². The Bertz CT molecular complexity index is 1330. The fourth-order valence-electron chi connectivity index (χ4n) is 3.62. The van der Waals surface area contributed by atoms with Crippen molar-refractivity contribution in [2.75, 3.05) is 17.7 Å². The summed E-state index contributed by atoms with van der Waals surface area (Å²) in [5.41, 5.74) is 7.75. The van der Waals surface area contributed by atoms with Gasteiger partial charge in [0.2, 0.25) is 5.91 Å². The Morgan fingerprint density at radius 1 is 1.22 bits per heavy atom. The number of thioether (sulfide) groups is 1. The molecule has 10 nitrogen and oxygen atoms in total. The Morgan fingerprint density at radius 2 is 1.86 bits per heavy atom. The van der Waals surface area contributed by atoms with E-state index in [9.17, 15) is 14.4 Å². The highest BCUT2D eigenvalue weighted by atomic mass is 35.5. The molecule has 3 N–H and O–H groups in total. The van der Waals surface area contributed by atoms with Gasteiger partial charge in [-0.05, 0) is 63.4 Å². The number of carbonyl (C=O) groups excluding carboxylic acids is 3. The van der Waals surface area contributed by atoms with Gasteiger partial charge in [-0.25, -0.2) is 4.79 Å². The Labute approximate surface area is 227 Å². The molecule has 37 heavy (non-hydrogen) atoms. The molecule has 0 spiro atoms. The number of carbonyl (C=O) groups is 3. The van der Waals surface area contributed by atoms with E-state index in [1.807, 2.05) is 32.9 Å². The topological polar surface area (TPSA) is 138 Å². The summed E-state index contributed by atoms with van der Waals surface area (Å²) in [4.78, 5) is 37.1. The predicted octanol–water partition coefficient (Wildman–Crippen LogP) is 4.60. The minimum atomic E-state index is -0.685. The van der Waals surface area contributed by atoms with Gasteiger partial charge in [0.25, 0.3) is 5.91 Å². The normalized spacial score (nSPS) is 11.8. The number of thiophene rings is 1. The van der Waals surface area contributed by atoms with Crippen LogP contribution in [0.4, 0.5) is 5.00 Å². The molecule has 13 heteroatoms. The van der Waals surface area contributed by atoms with E-state index in [0.717, 1.165) is 22.5 Å². The number of rotatable bonds is 10. The first kappa shape index (κ1) is 28.5. The van der Waals surface area contributed by atoms with Crippen molar-refractivity contribution in [1.82, 2.24) is 14.8 Å². The number of amides is 2. The molecule has 2 heterocycles. The zero-order chi connectivity index (χ0) is 27.4. The molecule has 0 fully saturated rings. The highest BCUT2D eigenvalue weighted by molar-refractivity contribution is 7.99. The van der Waals surface area contributed by atoms with E-state index < -0.39 is 23.9 Å². The van der Waals surface area contributed by atoms with Gasteiger partial charge in [0.05, 0.1) is 22.8 Å². The number of hydrogen-bond donors (Lipinski definition) is 2. The van der Waals surface area contributed by atoms with Crippen LogP contribution >= 0.6 is 34.7 Å². The number of nitrogens with two attached hydrogens (primary N) is 1. The number of benzene rings is 1. The number of nitrogens with one attached hydrogen (secondary N) is 1. The Balaban J connectivity index is 1.69. The standard InChI is InChI=1S/C24H28ClN5O5S2/c1-7-34-23(33)17-13(4)19(20(26)32)37-22(17)27-16(31)10-36-24-29-28-21(30(24)6)14(5)35-15-8-11(2)18(25)12(3)9-15/h8-9,14H,7,10H2,1-6H3,(H2,26,32)(H,27,31). The number of aromatic nitrogens is 3. The van der Waals surface area contributed by atoms with Gasteiger partial charge in [0.1, 0.15) is 10.8 Å². The summed E-state index contributed by atoms with van der Waals surface area (Å²) in [5, 5.41) is 12.5. The number of ether oxygens (including phenoxy) is 2. The van der Waals surface area contributed by atoms with Crippen molar-refractivity contribution in [2.24, 2.45) is 12.8 Å². The number of hydrogen-bond acceptors (Lipinski definition) is 9. The lowest BCUT2D eigenvalue weighted by molar-refractivity contribution is -0.113. The molecule has 2 amide bonds. The van der Waals surface area contributed by atoms with Crippen LogP contribution in [0, 0.1) is 20.8 Å². The highest BCUT2D eigenvalue weighted by Gasteiger charge is 2.26. The third kappa shape index (κ3) is 6.43. The second kappa shape index (κ2) is 12.0. The van der Waals surface area contributed by atoms with Crippen LogP contribution in [0.2, 0.25) is 5.02 Å². The molecule has 0 radical (unpaired) electrons. The molecule has 3 rings (SSSR count). The van der Waals surface area contributed by atoms with Crippen molar-refractivity contribution >= 4 is 57.5 Å². The zero-order valence-electron chi connectivity index (χ0n) is 21.3. The first-order valence-electron chi connectivity index (χ1n) is 11.3. The van der Waals surface area contributed by atoms with Gasteiger partial charge in [-0.2, -0.15) is 0 Å². The van der Waals surface area contributed by atoms with Gasteiger partial charge in [-0.1, -0.05) is 23.4 Å². The van der Waals surface area contributed by atoms with Gasteiger partial charge in [0.15, 0.2) is 17.1 Å². The molecule has 0 aliphatic heterocycles. The van der Waals surface area contributed by atoms with E-state index in [2.05, 4.69) is 15.5 Å². The van der Waals surface area contributed by atoms with Crippen molar-refractivity contribution in [3.8, 4) is 5.75 Å². The van der Waals surface area contributed by atoms with E-state index in [4.69, 9.17) is 26.8 Å². The summed E-state index contributed by atoms with van der Waals surface area (Å²) >= 11 is 8.35. The van der Waals surface area contributed by atoms with E-state index in [-0.39, 0.29) is 27.8 Å². The van der Waals surface area contributed by atoms with Gasteiger partial charge >= 0.3 is 5.97 Å². The summed E-state index contributed by atoms with van der Waals surface area (Å²) in [6.45, 7) is 9.09. The SMILES string of the molecule is CCOC(=O)c1c(NC(=O)CSc2nnc(C(C)Oc3cc(C)c(Cl)c(C)c3)n2C)sc(C(N)=O)c1C. The van der Waals surface area contributed by atoms with Gasteiger partial charge < -0.3 is 25.1 Å². The fraction of sp³-hybridized carbons (Fsp3) is 0.375. The zero-order valence-corrected chi connectivity index (χ0v) is 23.7. The summed E-state index contributed by atoms with van der Waals surface area (Å²) < 4.78 is 12.9. The Hall–Kier alpha value is -3.09. The lowest BCUT2D eigenvalue weighted by Crippen LogP contribution is -2.17. The highest BCUT2D eigenvalue weighted by Crippen LogP contribution is 2.34. The van der Waals surface area contributed by atoms with Crippen LogP contribution in [0.15, 0.2) is 17.3 Å². The monoisotopic (exact) mass is 565 g/mol. The van der Waals surface area contributed by atoms with E-state index in [1.54, 1.807) is 25.5 Å². The third-order valence-corrected chi connectivity index (χ3v) is 8.23. The molecule has 0 aliphatic carbocycles. The molecule has 1 unspecified atom stereocenters. The molecular formula is C24H28ClN5O5S2. The third-order valence-electron chi connectivity index (χ3n) is 5.39. The molecule has 0 aliphatic rings. The van der Waals surface area contributed by atoms with E-state index in [0.29, 0.717) is 27.3 Å². The molecule has 0 saturated heterocycles. The minimum absolute atomic E-state index is 0.0120. The van der Waals surface area contributed by atoms with Crippen molar-refractivity contribution in [2.45, 2.75) is 45.9 Å². The van der Waals surface area contributed by atoms with Crippen LogP contribution in [0.3, 0.4) is 0 Å². The fourth-order valence-corrected chi connectivity index (χ4v) is 5.51. The summed E-state index contributed by atoms with van der Waals surface area (Å²) in [7, 11) is 1.79. The van der Waals surface area contributed by atoms with Crippen LogP contribution in [0.5, 0.6) is 5.75 Å². The average Bonchev–Trinajstić information content (AvgIpc) is 3.35. The quantitative estimate of drug-likeness (QED) is 0.268. The smallest absolute Gasteiger partial charge is 0.341 e. The first-order valence-corrected chi connectivity index (χ1v) is 13.5. The Morgan fingerprint density at radius 3 is 2.46 bits per heavy atom. The first-order chi connectivity index (χ1) is 17.4. The molecule has 1 atom stereocenters. The molecule has 2 aromatic heterocycles. The molecule has 0 saturated carbocycles. The molecular weight excluding hydrogens is 538 g/mol. The maximum Gasteiger partial charge on any atom is 0.341 e. The average molecular weight is 566 g/mol. The number of anilines is 1. The maximum absolute atomic E-state index is 12.7. The van der Waals surface area contributed by atoms with Gasteiger partial charge in [-0.15, -0.1) is 21.5 Å². The number of esters is 1. The molecule has 1 aromatic carbocycles. The number of primary amides is 1. The maximum atomic E-state index is 12.7. The number of nitrogens with zero attached hydrogens (tertiary/aromatic N) is 3. The summed E-state index contributed by atoms with van der Waals surface area (Å²) in [6.07, 6.45) is -0.408. The predicted molar refractivity (Wildman–Crippen MR) is 144 cm³/mol. The molecule has 0 bridgehead atoms. The van der Waals surface area contributed by atoms with Crippen LogP contribution in [0.1, 0.15) is 62.5 Å². The summed E-state index contributed by atoms with van der Waals surface area (Å²) in [6, 6.07) is 3.73. The molecule has 3 aromatic rings. The van der Waals surface area contributed by atoms with Crippen LogP contribution in [0.25, 0.3) is 0 Å². The van der Waals surface area contributed by atoms with E-state index >= 15 is 0 Å². The lowest BCUT2D eigenvalue weighted by Gasteiger charge is -2.16. The van der Waals surface area contributed by atoms with Crippen LogP contribution < -0.4 is 15.8 Å². The largest absolute Gasteiger partial charge is 0.483 e. The van der Waals surface area contributed by atoms with Crippen molar-refractivity contribution < 1.29 is 23.9 Å². The van der Waals surface area contributed by atoms with E-state index in [1.165, 1.54) is 11.8 Å². The van der Waals surface area contributed by atoms with Crippen molar-refractivity contribution in [3.05, 3.63) is 50.1 Å². The summed E-state index contributed by atoms with van der Waals surface area (Å²) in [5.74, 6) is -0.476. The number of aryl methyl sites for hydroxylation is 2. The second-order valence-corrected chi connectivity index (χ2v) is 10.6. The second-order valence-electron chi connectivity index (χ2n) is 8.21. The number of halogens is 1. The lowest BCUT2D eigenvalue weighted by atomic mass is 10.1.